The van der Waals surface area contributed by atoms with Gasteiger partial charge in [-0.2, -0.15) is 5.26 Å². The largest absolute Gasteiger partial charge is 0.467 e. The number of likely N-dealkylation sites (tertiary alicyclic amines) is 1. The highest BCUT2D eigenvalue weighted by atomic mass is 16.6. The first-order valence-electron chi connectivity index (χ1n) is 13.7. The monoisotopic (exact) mass is 560 g/mol. The molecular formula is C31H36N4O6. The zero-order chi connectivity index (χ0) is 29.9. The van der Waals surface area contributed by atoms with E-state index in [9.17, 15) is 19.6 Å². The number of aromatic nitrogens is 1. The van der Waals surface area contributed by atoms with Crippen LogP contribution >= 0.6 is 0 Å². The molecule has 4 rings (SSSR count). The van der Waals surface area contributed by atoms with Gasteiger partial charge >= 0.3 is 12.1 Å². The van der Waals surface area contributed by atoms with Gasteiger partial charge in [-0.3, -0.25) is 4.79 Å². The Morgan fingerprint density at radius 1 is 1.12 bits per heavy atom. The number of rotatable bonds is 6. The van der Waals surface area contributed by atoms with Crippen molar-refractivity contribution < 1.29 is 28.3 Å². The van der Waals surface area contributed by atoms with Crippen LogP contribution in [-0.2, 0) is 14.3 Å². The summed E-state index contributed by atoms with van der Waals surface area (Å²) in [6.07, 6.45) is 0.642. The average Bonchev–Trinajstić information content (AvgIpc) is 3.38. The number of piperidine rings is 1. The van der Waals surface area contributed by atoms with Gasteiger partial charge in [0.1, 0.15) is 17.2 Å². The summed E-state index contributed by atoms with van der Waals surface area (Å²) in [6.45, 7) is 10.3. The number of hydrogen-bond donors (Lipinski definition) is 1. The molecule has 10 heteroatoms. The fourth-order valence-corrected chi connectivity index (χ4v) is 4.90. The number of carbonyl (C=O) groups is 3. The van der Waals surface area contributed by atoms with Crippen molar-refractivity contribution in [2.24, 2.45) is 5.92 Å². The van der Waals surface area contributed by atoms with E-state index in [-0.39, 0.29) is 17.9 Å². The molecule has 3 aromatic rings. The van der Waals surface area contributed by atoms with Crippen LogP contribution in [0.1, 0.15) is 74.9 Å². The first kappa shape index (κ1) is 29.6. The fourth-order valence-electron chi connectivity index (χ4n) is 4.90. The van der Waals surface area contributed by atoms with Crippen LogP contribution in [0.25, 0.3) is 22.6 Å². The Labute approximate surface area is 239 Å². The third-order valence-corrected chi connectivity index (χ3v) is 7.07. The summed E-state index contributed by atoms with van der Waals surface area (Å²) in [7, 11) is 1.29. The Bertz CT molecular complexity index is 1470. The molecule has 0 radical (unpaired) electrons. The summed E-state index contributed by atoms with van der Waals surface area (Å²) in [4.78, 5) is 44.4. The van der Waals surface area contributed by atoms with Gasteiger partial charge in [0.05, 0.1) is 18.7 Å². The SMILES string of the molecule is COC(=O)C(NC(=O)c1ccc(-c2nc3cc(C#N)cc(C(C)C)c3o2)cc1)C1CCN(C(=O)OC(C)(C)C)CC1. The predicted molar refractivity (Wildman–Crippen MR) is 152 cm³/mol. The van der Waals surface area contributed by atoms with E-state index in [0.29, 0.717) is 59.6 Å². The molecule has 10 nitrogen and oxygen atoms in total. The van der Waals surface area contributed by atoms with E-state index in [1.165, 1.54) is 7.11 Å². The van der Waals surface area contributed by atoms with Gasteiger partial charge in [0, 0.05) is 29.8 Å². The van der Waals surface area contributed by atoms with Gasteiger partial charge in [-0.15, -0.1) is 0 Å². The van der Waals surface area contributed by atoms with E-state index in [4.69, 9.17) is 13.9 Å². The molecule has 0 saturated carbocycles. The number of amides is 2. The summed E-state index contributed by atoms with van der Waals surface area (Å²) < 4.78 is 16.5. The molecule has 2 heterocycles. The molecule has 0 aliphatic carbocycles. The van der Waals surface area contributed by atoms with Crippen LogP contribution in [-0.4, -0.2) is 59.7 Å². The number of esters is 1. The summed E-state index contributed by atoms with van der Waals surface area (Å²) in [5.41, 5.74) is 3.09. The van der Waals surface area contributed by atoms with Gasteiger partial charge in [0.25, 0.3) is 5.91 Å². The molecule has 2 aromatic carbocycles. The third-order valence-electron chi connectivity index (χ3n) is 7.07. The van der Waals surface area contributed by atoms with Gasteiger partial charge in [-0.05, 0) is 81.8 Å². The molecule has 1 saturated heterocycles. The average molecular weight is 561 g/mol. The smallest absolute Gasteiger partial charge is 0.410 e. The Morgan fingerprint density at radius 2 is 1.78 bits per heavy atom. The second-order valence-electron chi connectivity index (χ2n) is 11.6. The van der Waals surface area contributed by atoms with E-state index < -0.39 is 23.5 Å². The number of nitrogens with zero attached hydrogens (tertiary/aromatic N) is 3. The Morgan fingerprint density at radius 3 is 2.34 bits per heavy atom. The summed E-state index contributed by atoms with van der Waals surface area (Å²) in [5.74, 6) is -0.620. The molecule has 1 fully saturated rings. The minimum Gasteiger partial charge on any atom is -0.467 e. The number of ether oxygens (including phenoxy) is 2. The minimum absolute atomic E-state index is 0.143. The van der Waals surface area contributed by atoms with Crippen LogP contribution in [0.5, 0.6) is 0 Å². The number of methoxy groups -OCH3 is 1. The second kappa shape index (κ2) is 12.0. The van der Waals surface area contributed by atoms with Crippen molar-refractivity contribution in [3.05, 3.63) is 53.1 Å². The van der Waals surface area contributed by atoms with Gasteiger partial charge in [0.15, 0.2) is 5.58 Å². The van der Waals surface area contributed by atoms with Crippen molar-refractivity contribution in [2.45, 2.75) is 65.0 Å². The van der Waals surface area contributed by atoms with Gasteiger partial charge < -0.3 is 24.1 Å². The van der Waals surface area contributed by atoms with Gasteiger partial charge in [-0.25, -0.2) is 14.6 Å². The maximum absolute atomic E-state index is 13.2. The molecule has 41 heavy (non-hydrogen) atoms. The van der Waals surface area contributed by atoms with Crippen LogP contribution in [0.15, 0.2) is 40.8 Å². The van der Waals surface area contributed by atoms with E-state index in [2.05, 4.69) is 16.4 Å². The van der Waals surface area contributed by atoms with Gasteiger partial charge in [-0.1, -0.05) is 13.8 Å². The number of oxazole rings is 1. The van der Waals surface area contributed by atoms with Crippen molar-refractivity contribution in [1.82, 2.24) is 15.2 Å². The van der Waals surface area contributed by atoms with Gasteiger partial charge in [0.2, 0.25) is 5.89 Å². The number of nitriles is 1. The topological polar surface area (TPSA) is 135 Å². The van der Waals surface area contributed by atoms with E-state index in [1.807, 2.05) is 40.7 Å². The highest BCUT2D eigenvalue weighted by Crippen LogP contribution is 2.31. The van der Waals surface area contributed by atoms with E-state index >= 15 is 0 Å². The highest BCUT2D eigenvalue weighted by Gasteiger charge is 2.35. The van der Waals surface area contributed by atoms with Crippen molar-refractivity contribution in [2.75, 3.05) is 20.2 Å². The third kappa shape index (κ3) is 6.85. The van der Waals surface area contributed by atoms with E-state index in [0.717, 1.165) is 5.56 Å². The van der Waals surface area contributed by atoms with Crippen LogP contribution in [0.3, 0.4) is 0 Å². The lowest BCUT2D eigenvalue weighted by Gasteiger charge is -2.36. The molecule has 1 unspecified atom stereocenters. The number of carbonyl (C=O) groups excluding carboxylic acids is 3. The van der Waals surface area contributed by atoms with E-state index in [1.54, 1.807) is 35.2 Å². The van der Waals surface area contributed by atoms with Crippen molar-refractivity contribution in [1.29, 1.82) is 5.26 Å². The number of hydrogen-bond acceptors (Lipinski definition) is 8. The predicted octanol–water partition coefficient (Wildman–Crippen LogP) is 5.41. The summed E-state index contributed by atoms with van der Waals surface area (Å²) >= 11 is 0. The molecule has 1 atom stereocenters. The fraction of sp³-hybridized carbons (Fsp3) is 0.452. The lowest BCUT2D eigenvalue weighted by molar-refractivity contribution is -0.144. The lowest BCUT2D eigenvalue weighted by atomic mass is 9.89. The number of benzene rings is 2. The Balaban J connectivity index is 1.46. The Kier molecular flexibility index (Phi) is 8.66. The quantitative estimate of drug-likeness (QED) is 0.396. The van der Waals surface area contributed by atoms with Crippen molar-refractivity contribution >= 4 is 29.1 Å². The maximum Gasteiger partial charge on any atom is 0.410 e. The maximum atomic E-state index is 13.2. The minimum atomic E-state index is -0.853. The molecule has 2 amide bonds. The lowest BCUT2D eigenvalue weighted by Crippen LogP contribution is -2.51. The zero-order valence-electron chi connectivity index (χ0n) is 24.3. The van der Waals surface area contributed by atoms with Crippen LogP contribution in [0.4, 0.5) is 4.79 Å². The molecule has 0 bridgehead atoms. The first-order chi connectivity index (χ1) is 19.4. The van der Waals surface area contributed by atoms with Crippen LogP contribution in [0.2, 0.25) is 0 Å². The van der Waals surface area contributed by atoms with Crippen molar-refractivity contribution in [3.63, 3.8) is 0 Å². The summed E-state index contributed by atoms with van der Waals surface area (Å²) in [5, 5.41) is 12.2. The second-order valence-corrected chi connectivity index (χ2v) is 11.6. The number of nitrogens with one attached hydrogen (secondary N) is 1. The first-order valence-corrected chi connectivity index (χ1v) is 13.7. The summed E-state index contributed by atoms with van der Waals surface area (Å²) in [6, 6.07) is 11.6. The molecule has 1 aliphatic heterocycles. The normalized spacial score (nSPS) is 14.9. The van der Waals surface area contributed by atoms with Crippen LogP contribution in [0, 0.1) is 17.2 Å². The molecule has 216 valence electrons. The zero-order valence-corrected chi connectivity index (χ0v) is 24.3. The molecule has 1 aromatic heterocycles. The molecule has 0 spiro atoms. The highest BCUT2D eigenvalue weighted by molar-refractivity contribution is 5.97. The molecular weight excluding hydrogens is 524 g/mol. The number of fused-ring (bicyclic) bond motifs is 1. The standard InChI is InChI=1S/C31H36N4O6/c1-18(2)23-15-19(17-32)16-24-26(23)40-28(33-24)22-9-7-21(8-10-22)27(36)34-25(29(37)39-6)20-11-13-35(14-12-20)30(38)41-31(3,4)5/h7-10,15-16,18,20,25H,11-14H2,1-6H3,(H,34,36). The van der Waals surface area contributed by atoms with Crippen LogP contribution < -0.4 is 5.32 Å². The Hall–Kier alpha value is -4.39. The molecule has 1 N–H and O–H groups in total. The van der Waals surface area contributed by atoms with Crippen molar-refractivity contribution in [3.8, 4) is 17.5 Å². The molecule has 1 aliphatic rings.